The second-order valence-corrected chi connectivity index (χ2v) is 11.7. The first kappa shape index (κ1) is 30.9. The molecule has 1 atom stereocenters. The molecule has 1 unspecified atom stereocenters. The summed E-state index contributed by atoms with van der Waals surface area (Å²) in [6, 6.07) is 16.5. The average Bonchev–Trinajstić information content (AvgIpc) is 3.71. The predicted molar refractivity (Wildman–Crippen MR) is 168 cm³/mol. The zero-order chi connectivity index (χ0) is 30.9. The van der Waals surface area contributed by atoms with Crippen LogP contribution in [0.15, 0.2) is 72.4 Å². The van der Waals surface area contributed by atoms with Crippen LogP contribution in [0.2, 0.25) is 0 Å². The first-order valence-electron chi connectivity index (χ1n) is 14.9. The summed E-state index contributed by atoms with van der Waals surface area (Å²) in [7, 11) is 0. The van der Waals surface area contributed by atoms with Crippen LogP contribution in [0.3, 0.4) is 0 Å². The van der Waals surface area contributed by atoms with Gasteiger partial charge >= 0.3 is 5.97 Å². The quantitative estimate of drug-likeness (QED) is 0.217. The molecule has 3 aromatic heterocycles. The van der Waals surface area contributed by atoms with Gasteiger partial charge in [0.1, 0.15) is 12.6 Å². The monoisotopic (exact) mass is 615 g/mol. The summed E-state index contributed by atoms with van der Waals surface area (Å²) in [5.41, 5.74) is 2.83. The van der Waals surface area contributed by atoms with Crippen LogP contribution in [0.25, 0.3) is 10.9 Å². The lowest BCUT2D eigenvalue weighted by Gasteiger charge is -2.40. The Morgan fingerprint density at radius 3 is 2.66 bits per heavy atom. The number of piperazine rings is 1. The van der Waals surface area contributed by atoms with Crippen LogP contribution in [-0.4, -0.2) is 93.7 Å². The Labute approximate surface area is 260 Å². The van der Waals surface area contributed by atoms with Gasteiger partial charge in [-0.1, -0.05) is 30.3 Å². The maximum Gasteiger partial charge on any atom is 0.325 e. The number of pyridine rings is 1. The highest BCUT2D eigenvalue weighted by Crippen LogP contribution is 2.22. The normalized spacial score (nSPS) is 15.2. The molecule has 5 rings (SSSR count). The third-order valence-electron chi connectivity index (χ3n) is 7.83. The number of aromatic amines is 1. The number of nitrogens with zero attached hydrogens (tertiary/aromatic N) is 4. The van der Waals surface area contributed by atoms with Gasteiger partial charge in [0, 0.05) is 59.9 Å². The smallest absolute Gasteiger partial charge is 0.325 e. The van der Waals surface area contributed by atoms with Crippen LogP contribution >= 0.6 is 11.3 Å². The number of carbonyl (C=O) groups is 4. The third-order valence-corrected chi connectivity index (χ3v) is 8.77. The van der Waals surface area contributed by atoms with E-state index in [1.807, 2.05) is 66.2 Å². The van der Waals surface area contributed by atoms with Crippen molar-refractivity contribution in [1.29, 1.82) is 0 Å². The minimum Gasteiger partial charge on any atom is -0.465 e. The maximum absolute atomic E-state index is 13.9. The lowest BCUT2D eigenvalue weighted by Crippen LogP contribution is -2.61. The summed E-state index contributed by atoms with van der Waals surface area (Å²) in [6.07, 6.45) is 4.97. The molecule has 0 bridgehead atoms. The molecule has 4 heterocycles. The second-order valence-electron chi connectivity index (χ2n) is 10.7. The van der Waals surface area contributed by atoms with E-state index in [1.54, 1.807) is 29.4 Å². The number of ether oxygens (including phenoxy) is 1. The van der Waals surface area contributed by atoms with Crippen molar-refractivity contribution >= 4 is 45.9 Å². The molecule has 1 aliphatic rings. The van der Waals surface area contributed by atoms with E-state index in [9.17, 15) is 19.2 Å². The second kappa shape index (κ2) is 14.8. The van der Waals surface area contributed by atoms with Gasteiger partial charge in [0.15, 0.2) is 0 Å². The van der Waals surface area contributed by atoms with E-state index >= 15 is 0 Å². The van der Waals surface area contributed by atoms with Crippen molar-refractivity contribution in [3.05, 3.63) is 88.5 Å². The van der Waals surface area contributed by atoms with Gasteiger partial charge in [-0.05, 0) is 55.0 Å². The molecule has 4 aromatic rings. The number of thiophene rings is 1. The fraction of sp³-hybridized carbons (Fsp3) is 0.364. The number of nitrogens with one attached hydrogen (secondary N) is 1. The summed E-state index contributed by atoms with van der Waals surface area (Å²) in [4.78, 5) is 67.0. The van der Waals surface area contributed by atoms with Crippen molar-refractivity contribution in [3.63, 3.8) is 0 Å². The SMILES string of the molecule is CCOC(=O)CN(CCc1c[nH]c2ccccc12)C(=O)CC1C(=O)N(CCc2ccccn2)CC(=O)N1CCc1cccs1. The molecular formula is C33H37N5O5S. The maximum atomic E-state index is 13.9. The first-order valence-corrected chi connectivity index (χ1v) is 15.8. The fourth-order valence-corrected chi connectivity index (χ4v) is 6.24. The van der Waals surface area contributed by atoms with Crippen LogP contribution < -0.4 is 0 Å². The molecule has 3 amide bonds. The molecule has 230 valence electrons. The number of rotatable bonds is 14. The highest BCUT2D eigenvalue weighted by Gasteiger charge is 2.41. The number of amides is 3. The summed E-state index contributed by atoms with van der Waals surface area (Å²) < 4.78 is 5.17. The summed E-state index contributed by atoms with van der Waals surface area (Å²) in [6.45, 7) is 2.53. The van der Waals surface area contributed by atoms with Crippen molar-refractivity contribution in [2.45, 2.75) is 38.6 Å². The topological polar surface area (TPSA) is 116 Å². The minimum atomic E-state index is -0.967. The summed E-state index contributed by atoms with van der Waals surface area (Å²) in [5.74, 6) is -1.36. The van der Waals surface area contributed by atoms with Gasteiger partial charge in [0.25, 0.3) is 0 Å². The molecule has 44 heavy (non-hydrogen) atoms. The number of aromatic nitrogens is 2. The van der Waals surface area contributed by atoms with E-state index in [2.05, 4.69) is 9.97 Å². The number of esters is 1. The average molecular weight is 616 g/mol. The first-order chi connectivity index (χ1) is 21.4. The van der Waals surface area contributed by atoms with Gasteiger partial charge < -0.3 is 24.4 Å². The van der Waals surface area contributed by atoms with Crippen LogP contribution in [0.4, 0.5) is 0 Å². The van der Waals surface area contributed by atoms with Gasteiger partial charge in [-0.15, -0.1) is 11.3 Å². The van der Waals surface area contributed by atoms with Crippen molar-refractivity contribution in [3.8, 4) is 0 Å². The molecule has 0 saturated carbocycles. The molecule has 1 saturated heterocycles. The van der Waals surface area contributed by atoms with E-state index in [-0.39, 0.29) is 50.4 Å². The Morgan fingerprint density at radius 2 is 1.89 bits per heavy atom. The highest BCUT2D eigenvalue weighted by molar-refractivity contribution is 7.09. The zero-order valence-corrected chi connectivity index (χ0v) is 25.6. The molecule has 11 heteroatoms. The molecule has 1 aromatic carbocycles. The molecule has 0 radical (unpaired) electrons. The largest absolute Gasteiger partial charge is 0.465 e. The standard InChI is InChI=1S/C33H37N5O5S/c1-2-43-32(41)23-36(16-12-24-21-35-28-11-4-3-10-27(24)28)30(39)20-29-33(42)37(17-13-25-8-5-6-15-34-25)22-31(40)38(29)18-14-26-9-7-19-44-26/h3-11,15,19,21,29,35H,2,12-14,16-18,20,22-23H2,1H3. The van der Waals surface area contributed by atoms with Crippen molar-refractivity contribution in [1.82, 2.24) is 24.7 Å². The number of hydrogen-bond acceptors (Lipinski definition) is 7. The Balaban J connectivity index is 1.34. The molecule has 1 aliphatic heterocycles. The van der Waals surface area contributed by atoms with E-state index in [1.165, 1.54) is 9.80 Å². The predicted octanol–water partition coefficient (Wildman–Crippen LogP) is 3.47. The Bertz CT molecular complexity index is 1570. The Morgan fingerprint density at radius 1 is 1.05 bits per heavy atom. The van der Waals surface area contributed by atoms with Crippen molar-refractivity contribution in [2.24, 2.45) is 0 Å². The highest BCUT2D eigenvalue weighted by atomic mass is 32.1. The van der Waals surface area contributed by atoms with E-state index in [4.69, 9.17) is 4.74 Å². The number of hydrogen-bond donors (Lipinski definition) is 1. The Hall–Kier alpha value is -4.51. The number of H-pyrrole nitrogens is 1. The summed E-state index contributed by atoms with van der Waals surface area (Å²) >= 11 is 1.59. The van der Waals surface area contributed by atoms with Crippen LogP contribution in [0.1, 0.15) is 29.5 Å². The molecule has 1 fully saturated rings. The Kier molecular flexibility index (Phi) is 10.4. The molecule has 10 nitrogen and oxygen atoms in total. The molecule has 0 spiro atoms. The number of fused-ring (bicyclic) bond motifs is 1. The number of carbonyl (C=O) groups excluding carboxylic acids is 4. The lowest BCUT2D eigenvalue weighted by molar-refractivity contribution is -0.158. The zero-order valence-electron chi connectivity index (χ0n) is 24.8. The summed E-state index contributed by atoms with van der Waals surface area (Å²) in [5, 5.41) is 3.02. The van der Waals surface area contributed by atoms with Crippen LogP contribution in [0.5, 0.6) is 0 Å². The van der Waals surface area contributed by atoms with Gasteiger partial charge in [0.2, 0.25) is 17.7 Å². The van der Waals surface area contributed by atoms with Crippen LogP contribution in [0, 0.1) is 0 Å². The molecule has 1 N–H and O–H groups in total. The van der Waals surface area contributed by atoms with Crippen molar-refractivity contribution in [2.75, 3.05) is 39.3 Å². The van der Waals surface area contributed by atoms with Gasteiger partial charge in [-0.25, -0.2) is 0 Å². The fourth-order valence-electron chi connectivity index (χ4n) is 5.54. The van der Waals surface area contributed by atoms with Crippen LogP contribution in [-0.2, 0) is 43.2 Å². The third kappa shape index (κ3) is 7.71. The lowest BCUT2D eigenvalue weighted by atomic mass is 10.0. The molecule has 0 aliphatic carbocycles. The van der Waals surface area contributed by atoms with Crippen molar-refractivity contribution < 1.29 is 23.9 Å². The molecular weight excluding hydrogens is 578 g/mol. The van der Waals surface area contributed by atoms with E-state index in [0.29, 0.717) is 32.4 Å². The van der Waals surface area contributed by atoms with Gasteiger partial charge in [0.05, 0.1) is 19.6 Å². The number of benzene rings is 1. The van der Waals surface area contributed by atoms with Gasteiger partial charge in [-0.2, -0.15) is 0 Å². The minimum absolute atomic E-state index is 0.0477. The van der Waals surface area contributed by atoms with Gasteiger partial charge in [-0.3, -0.25) is 24.2 Å². The number of para-hydroxylation sites is 1. The van der Waals surface area contributed by atoms with E-state index in [0.717, 1.165) is 27.0 Å². The van der Waals surface area contributed by atoms with E-state index < -0.39 is 12.0 Å².